The number of hydrogen-bond donors (Lipinski definition) is 1. The predicted molar refractivity (Wildman–Crippen MR) is 126 cm³/mol. The number of likely N-dealkylation sites (tertiary alicyclic amines) is 1. The Labute approximate surface area is 198 Å². The fraction of sp³-hybridized carbons (Fsp3) is 0.826. The highest BCUT2D eigenvalue weighted by atomic mass is 35.5. The summed E-state index contributed by atoms with van der Waals surface area (Å²) in [5.74, 6) is 2.58. The molecule has 31 heavy (non-hydrogen) atoms. The van der Waals surface area contributed by atoms with Gasteiger partial charge in [0, 0.05) is 25.2 Å². The second kappa shape index (κ2) is 10.9. The summed E-state index contributed by atoms with van der Waals surface area (Å²) in [6, 6.07) is 1.33. The number of carbonyl (C=O) groups is 1. The van der Waals surface area contributed by atoms with Crippen LogP contribution >= 0.6 is 24.8 Å². The van der Waals surface area contributed by atoms with Gasteiger partial charge in [0.15, 0.2) is 5.69 Å². The average molecular weight is 473 g/mol. The zero-order valence-electron chi connectivity index (χ0n) is 18.4. The van der Waals surface area contributed by atoms with Crippen LogP contribution in [0.25, 0.3) is 0 Å². The van der Waals surface area contributed by atoms with Crippen molar-refractivity contribution in [3.63, 3.8) is 0 Å². The van der Waals surface area contributed by atoms with Gasteiger partial charge in [0.2, 0.25) is 5.89 Å². The van der Waals surface area contributed by atoms with E-state index in [-0.39, 0.29) is 37.3 Å². The summed E-state index contributed by atoms with van der Waals surface area (Å²) >= 11 is 0. The van der Waals surface area contributed by atoms with Crippen LogP contribution in [0.3, 0.4) is 0 Å². The number of halogens is 2. The molecule has 2 N–H and O–H groups in total. The molecule has 0 unspecified atom stereocenters. The number of oxazole rings is 1. The van der Waals surface area contributed by atoms with Crippen molar-refractivity contribution in [1.82, 2.24) is 14.8 Å². The first-order valence-corrected chi connectivity index (χ1v) is 11.9. The fourth-order valence-electron chi connectivity index (χ4n) is 6.83. The number of nitrogens with zero attached hydrogens (tertiary/aromatic N) is 3. The predicted octanol–water partition coefficient (Wildman–Crippen LogP) is 4.26. The summed E-state index contributed by atoms with van der Waals surface area (Å²) in [6.07, 6.45) is 15.2. The maximum atomic E-state index is 13.2. The van der Waals surface area contributed by atoms with Gasteiger partial charge in [-0.3, -0.25) is 9.69 Å². The molecule has 4 atom stereocenters. The first kappa shape index (κ1) is 24.8. The second-order valence-corrected chi connectivity index (χ2v) is 9.90. The molecule has 4 fully saturated rings. The van der Waals surface area contributed by atoms with Gasteiger partial charge >= 0.3 is 0 Å². The maximum Gasteiger partial charge on any atom is 0.275 e. The minimum absolute atomic E-state index is 0. The van der Waals surface area contributed by atoms with Crippen molar-refractivity contribution < 1.29 is 9.21 Å². The van der Waals surface area contributed by atoms with Gasteiger partial charge in [0.25, 0.3) is 5.91 Å². The van der Waals surface area contributed by atoms with Crippen LogP contribution in [0.5, 0.6) is 0 Å². The molecule has 4 heterocycles. The number of amides is 1. The molecule has 3 aliphatic heterocycles. The number of fused-ring (bicyclic) bond motifs is 4. The lowest BCUT2D eigenvalue weighted by Crippen LogP contribution is -2.64. The Bertz CT molecular complexity index is 724. The largest absolute Gasteiger partial charge is 0.447 e. The van der Waals surface area contributed by atoms with Crippen molar-refractivity contribution >= 4 is 30.7 Å². The van der Waals surface area contributed by atoms with Crippen molar-refractivity contribution in [2.45, 2.75) is 82.8 Å². The molecule has 4 aliphatic rings. The summed E-state index contributed by atoms with van der Waals surface area (Å²) in [5.41, 5.74) is 6.04. The molecular weight excluding hydrogens is 435 g/mol. The molecule has 3 saturated heterocycles. The van der Waals surface area contributed by atoms with E-state index in [2.05, 4.69) is 14.8 Å². The molecule has 1 aromatic heterocycles. The van der Waals surface area contributed by atoms with Gasteiger partial charge in [-0.15, -0.1) is 24.8 Å². The van der Waals surface area contributed by atoms with Crippen molar-refractivity contribution in [2.24, 2.45) is 23.5 Å². The van der Waals surface area contributed by atoms with Gasteiger partial charge < -0.3 is 15.1 Å². The molecule has 2 bridgehead atoms. The minimum Gasteiger partial charge on any atom is -0.447 e. The van der Waals surface area contributed by atoms with E-state index in [1.165, 1.54) is 77.0 Å². The smallest absolute Gasteiger partial charge is 0.275 e. The molecule has 0 aromatic carbocycles. The zero-order valence-corrected chi connectivity index (χ0v) is 20.0. The maximum absolute atomic E-state index is 13.2. The molecule has 176 valence electrons. The van der Waals surface area contributed by atoms with E-state index in [9.17, 15) is 4.79 Å². The molecule has 8 heteroatoms. The van der Waals surface area contributed by atoms with Crippen LogP contribution in [-0.2, 0) is 6.54 Å². The fourth-order valence-corrected chi connectivity index (χ4v) is 6.83. The lowest BCUT2D eigenvalue weighted by molar-refractivity contribution is -0.0726. The Morgan fingerprint density at radius 3 is 2.55 bits per heavy atom. The van der Waals surface area contributed by atoms with Crippen LogP contribution in [0, 0.1) is 17.8 Å². The number of nitrogens with two attached hydrogens (primary N) is 1. The Kier molecular flexibility index (Phi) is 8.70. The third-order valence-electron chi connectivity index (χ3n) is 8.15. The number of rotatable bonds is 4. The van der Waals surface area contributed by atoms with E-state index in [4.69, 9.17) is 10.2 Å². The number of hydrogen-bond acceptors (Lipinski definition) is 5. The summed E-state index contributed by atoms with van der Waals surface area (Å²) in [5, 5.41) is 0. The molecule has 0 radical (unpaired) electrons. The van der Waals surface area contributed by atoms with Gasteiger partial charge in [0.05, 0.1) is 6.54 Å². The standard InChI is InChI=1S/C23H36N4O2.2ClH/c24-12-22-25-19(15-29-22)23(28)26-13-17-11-18(14-26)21(10-16-6-2-1-3-7-16)27-9-5-4-8-20(17)27;;/h15-18,20-21H,1-14,24H2;2*1H/t17-,18+,20+,21+;;/m1../s1. The molecule has 5 rings (SSSR count). The van der Waals surface area contributed by atoms with Crippen LogP contribution in [0.2, 0.25) is 0 Å². The molecule has 1 saturated carbocycles. The Morgan fingerprint density at radius 1 is 1.06 bits per heavy atom. The SMILES string of the molecule is Cl.Cl.NCc1nc(C(=O)N2C[C@H]3C[C@@H](C2)[C@H](CC2CCCCC2)N2CCCC[C@@H]32)co1. The summed E-state index contributed by atoms with van der Waals surface area (Å²) < 4.78 is 5.34. The van der Waals surface area contributed by atoms with Crippen LogP contribution in [0.1, 0.15) is 80.6 Å². The van der Waals surface area contributed by atoms with E-state index in [0.717, 1.165) is 19.0 Å². The molecule has 1 aromatic rings. The average Bonchev–Trinajstić information content (AvgIpc) is 3.26. The summed E-state index contributed by atoms with van der Waals surface area (Å²) in [4.78, 5) is 22.4. The number of aromatic nitrogens is 1. The first-order valence-electron chi connectivity index (χ1n) is 11.9. The highest BCUT2D eigenvalue weighted by Gasteiger charge is 2.48. The van der Waals surface area contributed by atoms with Crippen molar-refractivity contribution in [3.8, 4) is 0 Å². The normalized spacial score (nSPS) is 31.3. The highest BCUT2D eigenvalue weighted by molar-refractivity contribution is 5.92. The zero-order chi connectivity index (χ0) is 19.8. The van der Waals surface area contributed by atoms with Gasteiger partial charge in [0.1, 0.15) is 6.26 Å². The van der Waals surface area contributed by atoms with Crippen molar-refractivity contribution in [2.75, 3.05) is 19.6 Å². The van der Waals surface area contributed by atoms with E-state index >= 15 is 0 Å². The third kappa shape index (κ3) is 5.07. The Hall–Kier alpha value is -0.820. The Balaban J connectivity index is 0.00000136. The molecule has 1 aliphatic carbocycles. The first-order chi connectivity index (χ1) is 14.2. The van der Waals surface area contributed by atoms with Crippen LogP contribution in [0.15, 0.2) is 10.7 Å². The van der Waals surface area contributed by atoms with Crippen LogP contribution < -0.4 is 5.73 Å². The molecule has 1 amide bonds. The van der Waals surface area contributed by atoms with Crippen LogP contribution in [0.4, 0.5) is 0 Å². The quantitative estimate of drug-likeness (QED) is 0.707. The minimum atomic E-state index is 0. The van der Waals surface area contributed by atoms with Gasteiger partial charge in [-0.1, -0.05) is 38.5 Å². The second-order valence-electron chi connectivity index (χ2n) is 9.90. The molecular formula is C23H38Cl2N4O2. The van der Waals surface area contributed by atoms with Crippen molar-refractivity contribution in [3.05, 3.63) is 17.8 Å². The van der Waals surface area contributed by atoms with Gasteiger partial charge in [-0.05, 0) is 50.0 Å². The summed E-state index contributed by atoms with van der Waals surface area (Å²) in [6.45, 7) is 3.25. The van der Waals surface area contributed by atoms with E-state index < -0.39 is 0 Å². The third-order valence-corrected chi connectivity index (χ3v) is 8.15. The van der Waals surface area contributed by atoms with Gasteiger partial charge in [-0.25, -0.2) is 4.98 Å². The monoisotopic (exact) mass is 472 g/mol. The lowest BCUT2D eigenvalue weighted by Gasteiger charge is -2.57. The van der Waals surface area contributed by atoms with Crippen molar-refractivity contribution in [1.29, 1.82) is 0 Å². The summed E-state index contributed by atoms with van der Waals surface area (Å²) in [7, 11) is 0. The molecule has 6 nitrogen and oxygen atoms in total. The van der Waals surface area contributed by atoms with Gasteiger partial charge in [-0.2, -0.15) is 0 Å². The number of carbonyl (C=O) groups excluding carboxylic acids is 1. The van der Waals surface area contributed by atoms with E-state index in [1.807, 2.05) is 0 Å². The molecule has 0 spiro atoms. The van der Waals surface area contributed by atoms with Crippen LogP contribution in [-0.4, -0.2) is 52.4 Å². The highest BCUT2D eigenvalue weighted by Crippen LogP contribution is 2.44. The Morgan fingerprint density at radius 2 is 1.81 bits per heavy atom. The van der Waals surface area contributed by atoms with E-state index in [0.29, 0.717) is 35.5 Å². The number of piperidine rings is 3. The topological polar surface area (TPSA) is 75.6 Å². The lowest BCUT2D eigenvalue weighted by atomic mass is 9.69. The van der Waals surface area contributed by atoms with E-state index in [1.54, 1.807) is 0 Å².